The molecule has 0 bridgehead atoms. The first-order chi connectivity index (χ1) is 17.1. The van der Waals surface area contributed by atoms with Gasteiger partial charge in [-0.2, -0.15) is 0 Å². The number of rotatable bonds is 7. The third-order valence-electron chi connectivity index (χ3n) is 6.80. The number of para-hydroxylation sites is 1. The van der Waals surface area contributed by atoms with Crippen LogP contribution in [0.5, 0.6) is 0 Å². The molecule has 2 unspecified atom stereocenters. The zero-order chi connectivity index (χ0) is 24.2. The van der Waals surface area contributed by atoms with Gasteiger partial charge < -0.3 is 9.64 Å². The van der Waals surface area contributed by atoms with Crippen LogP contribution in [0.2, 0.25) is 0 Å². The molecule has 1 amide bonds. The summed E-state index contributed by atoms with van der Waals surface area (Å²) >= 11 is 1.38. The van der Waals surface area contributed by atoms with Crippen molar-refractivity contribution in [2.45, 2.75) is 49.4 Å². The zero-order valence-corrected chi connectivity index (χ0v) is 21.0. The highest BCUT2D eigenvalue weighted by molar-refractivity contribution is 8.00. The van der Waals surface area contributed by atoms with Crippen molar-refractivity contribution in [2.24, 2.45) is 0 Å². The Bertz CT molecular complexity index is 1220. The minimum Gasteiger partial charge on any atom is -0.376 e. The average molecular weight is 493 g/mol. The topological polar surface area (TPSA) is 67.7 Å². The zero-order valence-electron chi connectivity index (χ0n) is 20.1. The molecule has 184 valence electrons. The van der Waals surface area contributed by atoms with Crippen LogP contribution in [0.3, 0.4) is 0 Å². The molecule has 2 aliphatic rings. The summed E-state index contributed by atoms with van der Waals surface area (Å²) < 4.78 is 7.52. The van der Waals surface area contributed by atoms with Crippen LogP contribution >= 0.6 is 11.8 Å². The molecule has 0 spiro atoms. The molecule has 3 aromatic rings. The van der Waals surface area contributed by atoms with E-state index in [1.807, 2.05) is 42.2 Å². The van der Waals surface area contributed by atoms with Crippen LogP contribution in [0.4, 0.5) is 0 Å². The number of carbonyl (C=O) groups is 1. The van der Waals surface area contributed by atoms with Gasteiger partial charge in [-0.1, -0.05) is 54.2 Å². The van der Waals surface area contributed by atoms with Crippen LogP contribution in [-0.4, -0.2) is 69.4 Å². The summed E-state index contributed by atoms with van der Waals surface area (Å²) in [6, 6.07) is 17.9. The van der Waals surface area contributed by atoms with E-state index < -0.39 is 0 Å². The van der Waals surface area contributed by atoms with Crippen molar-refractivity contribution in [3.63, 3.8) is 0 Å². The Morgan fingerprint density at radius 2 is 1.83 bits per heavy atom. The maximum absolute atomic E-state index is 13.3. The number of benzene rings is 2. The molecule has 2 aliphatic heterocycles. The molecule has 0 saturated carbocycles. The summed E-state index contributed by atoms with van der Waals surface area (Å²) in [7, 11) is 0. The van der Waals surface area contributed by atoms with E-state index in [2.05, 4.69) is 29.2 Å². The minimum absolute atomic E-state index is 0.0127. The van der Waals surface area contributed by atoms with Gasteiger partial charge >= 0.3 is 0 Å². The second-order valence-electron chi connectivity index (χ2n) is 9.31. The van der Waals surface area contributed by atoms with Crippen molar-refractivity contribution in [3.05, 3.63) is 70.5 Å². The van der Waals surface area contributed by atoms with Crippen LogP contribution in [0.25, 0.3) is 10.9 Å². The molecule has 2 saturated heterocycles. The Labute approximate surface area is 210 Å². The number of hydrogen-bond acceptors (Lipinski definition) is 6. The van der Waals surface area contributed by atoms with Gasteiger partial charge in [0.15, 0.2) is 5.16 Å². The van der Waals surface area contributed by atoms with E-state index in [1.165, 1.54) is 17.3 Å². The Morgan fingerprint density at radius 3 is 2.57 bits per heavy atom. The molecular weight excluding hydrogens is 460 g/mol. The molecule has 0 N–H and O–H groups in total. The van der Waals surface area contributed by atoms with E-state index in [0.717, 1.165) is 39.1 Å². The first-order valence-corrected chi connectivity index (χ1v) is 13.3. The molecule has 3 heterocycles. The van der Waals surface area contributed by atoms with Crippen LogP contribution in [0.15, 0.2) is 64.5 Å². The SMILES string of the molecule is CC(Sc1nc2ccccc2c(=O)n1CC1CCCO1)C(=O)N1CCN(Cc2ccccc2)CC1. The molecule has 2 fully saturated rings. The highest BCUT2D eigenvalue weighted by Crippen LogP contribution is 2.26. The second kappa shape index (κ2) is 10.9. The predicted octanol–water partition coefficient (Wildman–Crippen LogP) is 3.40. The number of carbonyl (C=O) groups excluding carboxylic acids is 1. The number of aromatic nitrogens is 2. The van der Waals surface area contributed by atoms with Gasteiger partial charge in [-0.15, -0.1) is 0 Å². The van der Waals surface area contributed by atoms with Crippen LogP contribution in [0, 0.1) is 0 Å². The van der Waals surface area contributed by atoms with Crippen molar-refractivity contribution in [3.8, 4) is 0 Å². The van der Waals surface area contributed by atoms with Crippen molar-refractivity contribution < 1.29 is 9.53 Å². The van der Waals surface area contributed by atoms with Crippen molar-refractivity contribution >= 4 is 28.6 Å². The Balaban J connectivity index is 1.27. The minimum atomic E-state index is -0.334. The van der Waals surface area contributed by atoms with Crippen molar-refractivity contribution in [2.75, 3.05) is 32.8 Å². The molecule has 2 atom stereocenters. The lowest BCUT2D eigenvalue weighted by Gasteiger charge is -2.36. The summed E-state index contributed by atoms with van der Waals surface area (Å²) in [6.45, 7) is 7.16. The van der Waals surface area contributed by atoms with Gasteiger partial charge in [-0.05, 0) is 37.5 Å². The molecular formula is C27H32N4O3S. The number of hydrogen-bond donors (Lipinski definition) is 0. The third kappa shape index (κ3) is 5.60. The Kier molecular flexibility index (Phi) is 7.51. The standard InChI is InChI=1S/C27H32N4O3S/c1-20(25(32)30-15-13-29(14-16-30)18-21-8-3-2-4-9-21)35-27-28-24-12-6-5-11-23(24)26(33)31(27)19-22-10-7-17-34-22/h2-6,8-9,11-12,20,22H,7,10,13-19H2,1H3. The summed E-state index contributed by atoms with van der Waals surface area (Å²) in [6.07, 6.45) is 1.96. The fraction of sp³-hybridized carbons (Fsp3) is 0.444. The molecule has 35 heavy (non-hydrogen) atoms. The maximum atomic E-state index is 13.3. The van der Waals surface area contributed by atoms with Gasteiger partial charge in [-0.3, -0.25) is 19.1 Å². The molecule has 2 aromatic carbocycles. The first kappa shape index (κ1) is 24.0. The molecule has 7 nitrogen and oxygen atoms in total. The summed E-state index contributed by atoms with van der Waals surface area (Å²) in [5.41, 5.74) is 1.89. The number of nitrogens with zero attached hydrogens (tertiary/aromatic N) is 4. The maximum Gasteiger partial charge on any atom is 0.262 e. The first-order valence-electron chi connectivity index (χ1n) is 12.4. The smallest absolute Gasteiger partial charge is 0.262 e. The fourth-order valence-electron chi connectivity index (χ4n) is 4.82. The van der Waals surface area contributed by atoms with Gasteiger partial charge in [0, 0.05) is 39.3 Å². The lowest BCUT2D eigenvalue weighted by Crippen LogP contribution is -2.50. The van der Waals surface area contributed by atoms with E-state index in [-0.39, 0.29) is 22.8 Å². The van der Waals surface area contributed by atoms with Gasteiger partial charge in [0.2, 0.25) is 5.91 Å². The highest BCUT2D eigenvalue weighted by Gasteiger charge is 2.28. The normalized spacial score (nSPS) is 19.8. The van der Waals surface area contributed by atoms with E-state index in [0.29, 0.717) is 35.7 Å². The second-order valence-corrected chi connectivity index (χ2v) is 10.6. The van der Waals surface area contributed by atoms with E-state index in [4.69, 9.17) is 9.72 Å². The Morgan fingerprint density at radius 1 is 1.09 bits per heavy atom. The monoisotopic (exact) mass is 492 g/mol. The molecule has 0 radical (unpaired) electrons. The van der Waals surface area contributed by atoms with Crippen LogP contribution in [-0.2, 0) is 22.6 Å². The number of thioether (sulfide) groups is 1. The van der Waals surface area contributed by atoms with Crippen LogP contribution < -0.4 is 5.56 Å². The lowest BCUT2D eigenvalue weighted by molar-refractivity contribution is -0.132. The van der Waals surface area contributed by atoms with Gasteiger partial charge in [-0.25, -0.2) is 4.98 Å². The van der Waals surface area contributed by atoms with E-state index in [9.17, 15) is 9.59 Å². The van der Waals surface area contributed by atoms with Gasteiger partial charge in [0.1, 0.15) is 0 Å². The number of amides is 1. The number of ether oxygens (including phenoxy) is 1. The highest BCUT2D eigenvalue weighted by atomic mass is 32.2. The molecule has 5 rings (SSSR count). The summed E-state index contributed by atoms with van der Waals surface area (Å²) in [5, 5.41) is 0.857. The number of piperazine rings is 1. The van der Waals surface area contributed by atoms with Gasteiger partial charge in [0.25, 0.3) is 5.56 Å². The largest absolute Gasteiger partial charge is 0.376 e. The summed E-state index contributed by atoms with van der Waals surface area (Å²) in [4.78, 5) is 35.8. The van der Waals surface area contributed by atoms with Gasteiger partial charge in [0.05, 0.1) is 28.8 Å². The summed E-state index contributed by atoms with van der Waals surface area (Å²) in [5.74, 6) is 0.0976. The number of fused-ring (bicyclic) bond motifs is 1. The van der Waals surface area contributed by atoms with Crippen molar-refractivity contribution in [1.82, 2.24) is 19.4 Å². The predicted molar refractivity (Wildman–Crippen MR) is 139 cm³/mol. The molecule has 8 heteroatoms. The quantitative estimate of drug-likeness (QED) is 0.372. The van der Waals surface area contributed by atoms with Crippen LogP contribution in [0.1, 0.15) is 25.3 Å². The third-order valence-corrected chi connectivity index (χ3v) is 7.88. The van der Waals surface area contributed by atoms with E-state index in [1.54, 1.807) is 4.57 Å². The fourth-order valence-corrected chi connectivity index (χ4v) is 5.83. The molecule has 0 aliphatic carbocycles. The molecule has 1 aromatic heterocycles. The Hall–Kier alpha value is -2.68. The lowest BCUT2D eigenvalue weighted by atomic mass is 10.2. The van der Waals surface area contributed by atoms with E-state index >= 15 is 0 Å². The average Bonchev–Trinajstić information content (AvgIpc) is 3.40. The van der Waals surface area contributed by atoms with Crippen molar-refractivity contribution in [1.29, 1.82) is 0 Å².